The van der Waals surface area contributed by atoms with Crippen molar-refractivity contribution in [2.45, 2.75) is 6.42 Å². The highest BCUT2D eigenvalue weighted by Gasteiger charge is 2.09. The topological polar surface area (TPSA) is 91.1 Å². The fourth-order valence-corrected chi connectivity index (χ4v) is 1.87. The second-order valence-corrected chi connectivity index (χ2v) is 4.17. The highest BCUT2D eigenvalue weighted by atomic mass is 16.5. The zero-order valence-corrected chi connectivity index (χ0v) is 11.0. The van der Waals surface area contributed by atoms with E-state index in [9.17, 15) is 0 Å². The maximum absolute atomic E-state index is 9.11. The Morgan fingerprint density at radius 1 is 1.25 bits per heavy atom. The normalized spacial score (nSPS) is 10.4. The molecule has 0 radical (unpaired) electrons. The van der Waals surface area contributed by atoms with Gasteiger partial charge in [-0.2, -0.15) is 5.26 Å². The molecule has 0 atom stereocenters. The number of fused-ring (bicyclic) bond motifs is 1. The van der Waals surface area contributed by atoms with Gasteiger partial charge in [0.15, 0.2) is 5.69 Å². The molecule has 0 aliphatic heterocycles. The van der Waals surface area contributed by atoms with Gasteiger partial charge in [-0.1, -0.05) is 18.2 Å². The van der Waals surface area contributed by atoms with Crippen molar-refractivity contribution < 1.29 is 9.84 Å². The third-order valence-corrected chi connectivity index (χ3v) is 2.78. The third-order valence-electron chi connectivity index (χ3n) is 2.78. The molecule has 1 aromatic carbocycles. The van der Waals surface area contributed by atoms with E-state index < -0.39 is 0 Å². The second-order valence-electron chi connectivity index (χ2n) is 4.17. The van der Waals surface area contributed by atoms with Gasteiger partial charge in [-0.15, -0.1) is 10.2 Å². The van der Waals surface area contributed by atoms with Crippen molar-refractivity contribution in [1.29, 1.82) is 5.26 Å². The summed E-state index contributed by atoms with van der Waals surface area (Å²) in [6.07, 6.45) is 0.779. The smallest absolute Gasteiger partial charge is 0.186 e. The van der Waals surface area contributed by atoms with Crippen molar-refractivity contribution in [2.24, 2.45) is 0 Å². The number of aliphatic hydroxyl groups excluding tert-OH is 1. The van der Waals surface area contributed by atoms with Crippen LogP contribution in [0.1, 0.15) is 12.1 Å². The molecule has 0 unspecified atom stereocenters. The van der Waals surface area contributed by atoms with Crippen LogP contribution in [-0.2, 0) is 4.74 Å². The number of anilines is 1. The van der Waals surface area contributed by atoms with Crippen LogP contribution in [0, 0.1) is 11.3 Å². The largest absolute Gasteiger partial charge is 0.394 e. The molecule has 0 spiro atoms. The average Bonchev–Trinajstić information content (AvgIpc) is 2.50. The number of ether oxygens (including phenoxy) is 1. The van der Waals surface area contributed by atoms with Crippen LogP contribution in [0.15, 0.2) is 24.3 Å². The molecule has 2 N–H and O–H groups in total. The Hall–Kier alpha value is -2.23. The minimum absolute atomic E-state index is 0.0327. The molecule has 0 aliphatic rings. The Labute approximate surface area is 117 Å². The standard InChI is InChI=1S/C14H16N4O2/c15-10-13-14(16-6-3-8-20-9-7-19)11-4-1-2-5-12(11)17-18-13/h1-2,4-5,19H,3,6-9H2,(H,16,17). The van der Waals surface area contributed by atoms with Crippen molar-refractivity contribution in [3.63, 3.8) is 0 Å². The monoisotopic (exact) mass is 272 g/mol. The molecule has 0 aliphatic carbocycles. The van der Waals surface area contributed by atoms with Gasteiger partial charge in [0, 0.05) is 18.5 Å². The van der Waals surface area contributed by atoms with Gasteiger partial charge in [-0.25, -0.2) is 0 Å². The minimum Gasteiger partial charge on any atom is -0.394 e. The van der Waals surface area contributed by atoms with Gasteiger partial charge < -0.3 is 15.2 Å². The van der Waals surface area contributed by atoms with Gasteiger partial charge in [0.25, 0.3) is 0 Å². The fourth-order valence-electron chi connectivity index (χ4n) is 1.87. The summed E-state index contributed by atoms with van der Waals surface area (Å²) in [5, 5.41) is 29.7. The van der Waals surface area contributed by atoms with Crippen LogP contribution in [0.25, 0.3) is 10.9 Å². The van der Waals surface area contributed by atoms with E-state index in [0.717, 1.165) is 17.3 Å². The van der Waals surface area contributed by atoms with Gasteiger partial charge in [-0.05, 0) is 12.5 Å². The molecule has 0 fully saturated rings. The van der Waals surface area contributed by atoms with Crippen molar-refractivity contribution in [2.75, 3.05) is 31.7 Å². The van der Waals surface area contributed by atoms with Gasteiger partial charge in [0.2, 0.25) is 0 Å². The van der Waals surface area contributed by atoms with E-state index in [4.69, 9.17) is 15.1 Å². The molecule has 1 aromatic heterocycles. The van der Waals surface area contributed by atoms with Crippen molar-refractivity contribution in [1.82, 2.24) is 10.2 Å². The van der Waals surface area contributed by atoms with E-state index in [-0.39, 0.29) is 6.61 Å². The predicted molar refractivity (Wildman–Crippen MR) is 75.3 cm³/mol. The molecule has 2 aromatic rings. The summed E-state index contributed by atoms with van der Waals surface area (Å²) in [5.74, 6) is 0. The SMILES string of the molecule is N#Cc1nnc2ccccc2c1NCCCOCCO. The van der Waals surface area contributed by atoms with Crippen LogP contribution >= 0.6 is 0 Å². The maximum atomic E-state index is 9.11. The molecular formula is C14H16N4O2. The summed E-state index contributed by atoms with van der Waals surface area (Å²) in [7, 11) is 0. The second kappa shape index (κ2) is 7.38. The first-order valence-corrected chi connectivity index (χ1v) is 6.45. The number of benzene rings is 1. The first-order chi connectivity index (χ1) is 9.86. The summed E-state index contributed by atoms with van der Waals surface area (Å²) in [6, 6.07) is 9.61. The summed E-state index contributed by atoms with van der Waals surface area (Å²) in [4.78, 5) is 0. The van der Waals surface area contributed by atoms with Crippen LogP contribution in [0.2, 0.25) is 0 Å². The number of hydrogen-bond donors (Lipinski definition) is 2. The number of aromatic nitrogens is 2. The molecular weight excluding hydrogens is 256 g/mol. The molecule has 0 saturated heterocycles. The predicted octanol–water partition coefficient (Wildman–Crippen LogP) is 1.31. The molecule has 1 heterocycles. The number of hydrogen-bond acceptors (Lipinski definition) is 6. The van der Waals surface area contributed by atoms with E-state index >= 15 is 0 Å². The molecule has 6 nitrogen and oxygen atoms in total. The van der Waals surface area contributed by atoms with Crippen molar-refractivity contribution >= 4 is 16.6 Å². The molecule has 20 heavy (non-hydrogen) atoms. The first-order valence-electron chi connectivity index (χ1n) is 6.45. The highest BCUT2D eigenvalue weighted by molar-refractivity contribution is 5.92. The molecule has 0 bridgehead atoms. The van der Waals surface area contributed by atoms with E-state index in [1.165, 1.54) is 0 Å². The molecule has 104 valence electrons. The highest BCUT2D eigenvalue weighted by Crippen LogP contribution is 2.23. The van der Waals surface area contributed by atoms with Crippen molar-refractivity contribution in [3.05, 3.63) is 30.0 Å². The maximum Gasteiger partial charge on any atom is 0.186 e. The van der Waals surface area contributed by atoms with E-state index in [0.29, 0.717) is 31.1 Å². The van der Waals surface area contributed by atoms with Crippen LogP contribution in [-0.4, -0.2) is 41.7 Å². The Morgan fingerprint density at radius 2 is 2.10 bits per heavy atom. The zero-order valence-electron chi connectivity index (χ0n) is 11.0. The minimum atomic E-state index is 0.0327. The Balaban J connectivity index is 2.06. The van der Waals surface area contributed by atoms with E-state index in [1.807, 2.05) is 30.3 Å². The molecule has 0 saturated carbocycles. The lowest BCUT2D eigenvalue weighted by molar-refractivity contribution is 0.0922. The van der Waals surface area contributed by atoms with E-state index in [2.05, 4.69) is 15.5 Å². The number of rotatable bonds is 7. The lowest BCUT2D eigenvalue weighted by atomic mass is 10.1. The Bertz CT molecular complexity index is 610. The van der Waals surface area contributed by atoms with Gasteiger partial charge in [0.05, 0.1) is 24.4 Å². The summed E-state index contributed by atoms with van der Waals surface area (Å²) >= 11 is 0. The summed E-state index contributed by atoms with van der Waals surface area (Å²) in [5.41, 5.74) is 1.76. The van der Waals surface area contributed by atoms with Crippen LogP contribution < -0.4 is 5.32 Å². The number of nitrogens with zero attached hydrogens (tertiary/aromatic N) is 3. The quantitative estimate of drug-likeness (QED) is 0.738. The van der Waals surface area contributed by atoms with Gasteiger partial charge in [0.1, 0.15) is 6.07 Å². The van der Waals surface area contributed by atoms with Crippen LogP contribution in [0.4, 0.5) is 5.69 Å². The Morgan fingerprint density at radius 3 is 2.90 bits per heavy atom. The zero-order chi connectivity index (χ0) is 14.2. The van der Waals surface area contributed by atoms with Crippen LogP contribution in [0.5, 0.6) is 0 Å². The summed E-state index contributed by atoms with van der Waals surface area (Å²) in [6.45, 7) is 1.61. The fraction of sp³-hybridized carbons (Fsp3) is 0.357. The number of nitrogens with one attached hydrogen (secondary N) is 1. The first kappa shape index (κ1) is 14.2. The third kappa shape index (κ3) is 3.41. The number of aliphatic hydroxyl groups is 1. The molecule has 6 heteroatoms. The summed E-state index contributed by atoms with van der Waals surface area (Å²) < 4.78 is 5.18. The molecule has 2 rings (SSSR count). The van der Waals surface area contributed by atoms with E-state index in [1.54, 1.807) is 0 Å². The molecule has 0 amide bonds. The van der Waals surface area contributed by atoms with Crippen LogP contribution in [0.3, 0.4) is 0 Å². The van der Waals surface area contributed by atoms with Gasteiger partial charge >= 0.3 is 0 Å². The number of nitriles is 1. The average molecular weight is 272 g/mol. The van der Waals surface area contributed by atoms with Crippen molar-refractivity contribution in [3.8, 4) is 6.07 Å². The Kier molecular flexibility index (Phi) is 5.24. The lowest BCUT2D eigenvalue weighted by Crippen LogP contribution is -2.09. The lowest BCUT2D eigenvalue weighted by Gasteiger charge is -2.10. The van der Waals surface area contributed by atoms with Gasteiger partial charge in [-0.3, -0.25) is 0 Å².